The summed E-state index contributed by atoms with van der Waals surface area (Å²) in [4.78, 5) is 38.6. The Morgan fingerprint density at radius 2 is 1.69 bits per heavy atom. The van der Waals surface area contributed by atoms with Gasteiger partial charge in [0.2, 0.25) is 5.91 Å². The largest absolute Gasteiger partial charge is 0.482 e. The van der Waals surface area contributed by atoms with Crippen molar-refractivity contribution in [2.24, 2.45) is 0 Å². The molecule has 1 heterocycles. The molecule has 0 radical (unpaired) electrons. The molecule has 3 rings (SSSR count). The zero-order valence-corrected chi connectivity index (χ0v) is 16.9. The average Bonchev–Trinajstić information content (AvgIpc) is 2.64. The summed E-state index contributed by atoms with van der Waals surface area (Å²) in [6.07, 6.45) is 0. The van der Waals surface area contributed by atoms with Crippen LogP contribution in [0.1, 0.15) is 25.0 Å². The second kappa shape index (κ2) is 7.95. The summed E-state index contributed by atoms with van der Waals surface area (Å²) >= 11 is 0. The lowest BCUT2D eigenvalue weighted by molar-refractivity contribution is -0.150. The van der Waals surface area contributed by atoms with E-state index in [2.05, 4.69) is 5.32 Å². The molecule has 29 heavy (non-hydrogen) atoms. The molecule has 2 aromatic carbocycles. The fourth-order valence-corrected chi connectivity index (χ4v) is 3.31. The third-order valence-corrected chi connectivity index (χ3v) is 4.67. The number of para-hydroxylation sites is 2. The molecule has 7 nitrogen and oxygen atoms in total. The zero-order valence-electron chi connectivity index (χ0n) is 16.9. The first kappa shape index (κ1) is 20.4. The van der Waals surface area contributed by atoms with E-state index in [1.54, 1.807) is 38.1 Å². The number of carbonyl (C=O) groups is 3. The number of esters is 1. The number of amides is 2. The predicted octanol–water partition coefficient (Wildman–Crippen LogP) is 2.99. The van der Waals surface area contributed by atoms with E-state index in [-0.39, 0.29) is 12.5 Å². The van der Waals surface area contributed by atoms with E-state index in [0.717, 1.165) is 11.1 Å². The molecule has 2 aromatic rings. The quantitative estimate of drug-likeness (QED) is 0.786. The van der Waals surface area contributed by atoms with Crippen molar-refractivity contribution >= 4 is 29.2 Å². The molecule has 0 unspecified atom stereocenters. The highest BCUT2D eigenvalue weighted by atomic mass is 16.6. The van der Waals surface area contributed by atoms with Gasteiger partial charge in [-0.05, 0) is 63.1 Å². The first-order valence-corrected chi connectivity index (χ1v) is 9.29. The number of rotatable bonds is 5. The van der Waals surface area contributed by atoms with Crippen molar-refractivity contribution in [3.8, 4) is 5.75 Å². The lowest BCUT2D eigenvalue weighted by Crippen LogP contribution is -2.59. The Labute approximate surface area is 169 Å². The standard InChI is InChI=1S/C22H24N2O5/c1-14-9-15(2)11-16(10-14)28-13-20(26)29-12-19(25)24-18-8-6-5-7-17(18)23-21(27)22(24,3)4/h5-11H,12-13H2,1-4H3,(H,23,27). The normalized spacial score (nSPS) is 14.6. The van der Waals surface area contributed by atoms with E-state index >= 15 is 0 Å². The molecular formula is C22H24N2O5. The van der Waals surface area contributed by atoms with E-state index in [1.165, 1.54) is 4.90 Å². The smallest absolute Gasteiger partial charge is 0.344 e. The second-order valence-corrected chi connectivity index (χ2v) is 7.53. The van der Waals surface area contributed by atoms with Crippen LogP contribution in [0.2, 0.25) is 0 Å². The van der Waals surface area contributed by atoms with Crippen LogP contribution in [0.4, 0.5) is 11.4 Å². The molecule has 0 saturated carbocycles. The molecule has 2 amide bonds. The number of nitrogens with zero attached hydrogens (tertiary/aromatic N) is 1. The fourth-order valence-electron chi connectivity index (χ4n) is 3.31. The summed E-state index contributed by atoms with van der Waals surface area (Å²) in [5, 5.41) is 2.79. The molecule has 1 aliphatic rings. The van der Waals surface area contributed by atoms with Crippen LogP contribution < -0.4 is 15.0 Å². The van der Waals surface area contributed by atoms with Crippen LogP contribution in [0.3, 0.4) is 0 Å². The van der Waals surface area contributed by atoms with Crippen molar-refractivity contribution in [3.05, 3.63) is 53.6 Å². The molecule has 1 N–H and O–H groups in total. The Kier molecular flexibility index (Phi) is 5.59. The molecule has 7 heteroatoms. The SMILES string of the molecule is Cc1cc(C)cc(OCC(=O)OCC(=O)N2c3ccccc3NC(=O)C2(C)C)c1. The van der Waals surface area contributed by atoms with Crippen LogP contribution in [0.25, 0.3) is 0 Å². The van der Waals surface area contributed by atoms with Crippen LogP contribution in [-0.4, -0.2) is 36.5 Å². The molecule has 0 aliphatic carbocycles. The predicted molar refractivity (Wildman–Crippen MR) is 109 cm³/mol. The summed E-state index contributed by atoms with van der Waals surface area (Å²) < 4.78 is 10.6. The van der Waals surface area contributed by atoms with Gasteiger partial charge in [-0.15, -0.1) is 0 Å². The number of aryl methyl sites for hydroxylation is 2. The van der Waals surface area contributed by atoms with Crippen LogP contribution in [-0.2, 0) is 19.1 Å². The zero-order chi connectivity index (χ0) is 21.2. The Balaban J connectivity index is 1.63. The summed E-state index contributed by atoms with van der Waals surface area (Å²) in [6, 6.07) is 12.6. The Morgan fingerprint density at radius 1 is 1.03 bits per heavy atom. The highest BCUT2D eigenvalue weighted by Crippen LogP contribution is 2.36. The number of hydrogen-bond acceptors (Lipinski definition) is 5. The van der Waals surface area contributed by atoms with Crippen molar-refractivity contribution in [3.63, 3.8) is 0 Å². The van der Waals surface area contributed by atoms with E-state index in [1.807, 2.05) is 32.0 Å². The highest BCUT2D eigenvalue weighted by molar-refractivity contribution is 6.14. The Morgan fingerprint density at radius 3 is 2.38 bits per heavy atom. The van der Waals surface area contributed by atoms with Gasteiger partial charge < -0.3 is 14.8 Å². The number of benzene rings is 2. The maximum atomic E-state index is 12.8. The first-order valence-electron chi connectivity index (χ1n) is 9.29. The van der Waals surface area contributed by atoms with Gasteiger partial charge in [-0.1, -0.05) is 18.2 Å². The van der Waals surface area contributed by atoms with E-state index < -0.39 is 24.0 Å². The summed E-state index contributed by atoms with van der Waals surface area (Å²) in [5.74, 6) is -0.898. The highest BCUT2D eigenvalue weighted by Gasteiger charge is 2.43. The summed E-state index contributed by atoms with van der Waals surface area (Å²) in [6.45, 7) is 6.36. The first-order chi connectivity index (χ1) is 13.7. The van der Waals surface area contributed by atoms with Crippen LogP contribution in [0.5, 0.6) is 5.75 Å². The van der Waals surface area contributed by atoms with Crippen LogP contribution in [0, 0.1) is 13.8 Å². The van der Waals surface area contributed by atoms with Crippen LogP contribution >= 0.6 is 0 Å². The maximum Gasteiger partial charge on any atom is 0.344 e. The van der Waals surface area contributed by atoms with Gasteiger partial charge in [-0.2, -0.15) is 0 Å². The third-order valence-electron chi connectivity index (χ3n) is 4.67. The van der Waals surface area contributed by atoms with E-state index in [9.17, 15) is 14.4 Å². The minimum Gasteiger partial charge on any atom is -0.482 e. The van der Waals surface area contributed by atoms with Gasteiger partial charge in [-0.25, -0.2) is 4.79 Å². The molecule has 0 saturated heterocycles. The number of anilines is 2. The number of hydrogen-bond donors (Lipinski definition) is 1. The second-order valence-electron chi connectivity index (χ2n) is 7.53. The molecule has 0 fully saturated rings. The Bertz CT molecular complexity index is 947. The fraction of sp³-hybridized carbons (Fsp3) is 0.318. The number of carbonyl (C=O) groups excluding carboxylic acids is 3. The molecule has 152 valence electrons. The lowest BCUT2D eigenvalue weighted by atomic mass is 9.96. The van der Waals surface area contributed by atoms with Crippen molar-refractivity contribution in [2.75, 3.05) is 23.4 Å². The summed E-state index contributed by atoms with van der Waals surface area (Å²) in [7, 11) is 0. The van der Waals surface area contributed by atoms with Crippen molar-refractivity contribution in [1.82, 2.24) is 0 Å². The topological polar surface area (TPSA) is 84.9 Å². The molecule has 1 aliphatic heterocycles. The molecular weight excluding hydrogens is 372 g/mol. The maximum absolute atomic E-state index is 12.8. The minimum atomic E-state index is -1.12. The molecule has 0 spiro atoms. The van der Waals surface area contributed by atoms with Gasteiger partial charge in [-0.3, -0.25) is 14.5 Å². The van der Waals surface area contributed by atoms with E-state index in [0.29, 0.717) is 17.1 Å². The summed E-state index contributed by atoms with van der Waals surface area (Å²) in [5.41, 5.74) is 2.02. The van der Waals surface area contributed by atoms with Gasteiger partial charge in [0.05, 0.1) is 11.4 Å². The van der Waals surface area contributed by atoms with Gasteiger partial charge in [0.25, 0.3) is 5.91 Å². The van der Waals surface area contributed by atoms with Gasteiger partial charge in [0.15, 0.2) is 13.2 Å². The molecule has 0 aromatic heterocycles. The third kappa shape index (κ3) is 4.39. The van der Waals surface area contributed by atoms with Crippen molar-refractivity contribution in [1.29, 1.82) is 0 Å². The van der Waals surface area contributed by atoms with Crippen molar-refractivity contribution < 1.29 is 23.9 Å². The molecule has 0 bridgehead atoms. The van der Waals surface area contributed by atoms with E-state index in [4.69, 9.17) is 9.47 Å². The number of fused-ring (bicyclic) bond motifs is 1. The van der Waals surface area contributed by atoms with Gasteiger partial charge in [0, 0.05) is 0 Å². The monoisotopic (exact) mass is 396 g/mol. The van der Waals surface area contributed by atoms with Crippen LogP contribution in [0.15, 0.2) is 42.5 Å². The van der Waals surface area contributed by atoms with Gasteiger partial charge in [0.1, 0.15) is 11.3 Å². The van der Waals surface area contributed by atoms with Crippen molar-refractivity contribution in [2.45, 2.75) is 33.2 Å². The Hall–Kier alpha value is -3.35. The average molecular weight is 396 g/mol. The number of nitrogens with one attached hydrogen (secondary N) is 1. The van der Waals surface area contributed by atoms with Gasteiger partial charge >= 0.3 is 5.97 Å². The molecule has 0 atom stereocenters. The minimum absolute atomic E-state index is 0.309. The lowest BCUT2D eigenvalue weighted by Gasteiger charge is -2.41. The number of ether oxygens (including phenoxy) is 2.